The maximum Gasteiger partial charge on any atom is 0.133 e. The summed E-state index contributed by atoms with van der Waals surface area (Å²) >= 11 is 3.42. The van der Waals surface area contributed by atoms with Gasteiger partial charge in [-0.25, -0.2) is 4.98 Å². The molecule has 1 heterocycles. The fourth-order valence-corrected chi connectivity index (χ4v) is 2.58. The van der Waals surface area contributed by atoms with Crippen molar-refractivity contribution in [2.75, 3.05) is 6.61 Å². The van der Waals surface area contributed by atoms with E-state index >= 15 is 0 Å². The van der Waals surface area contributed by atoms with Crippen molar-refractivity contribution in [3.05, 3.63) is 59.3 Å². The number of benzene rings is 2. The van der Waals surface area contributed by atoms with Gasteiger partial charge in [0.2, 0.25) is 0 Å². The van der Waals surface area contributed by atoms with Crippen LogP contribution in [0.15, 0.2) is 59.3 Å². The monoisotopic (exact) mass is 346 g/mol. The van der Waals surface area contributed by atoms with Crippen LogP contribution in [0, 0.1) is 0 Å². The largest absolute Gasteiger partial charge is 0.490 e. The smallest absolute Gasteiger partial charge is 0.133 e. The highest BCUT2D eigenvalue weighted by molar-refractivity contribution is 9.10. The standard InChI is InChI=1S/C16H15BrN2O2/c17-13-5-1-4-8-16(13)21-10-12(20)9-19-11-18-14-6-2-3-7-15(14)19/h1-8,11-12,20H,9-10H2/t12-/m0/s1. The molecule has 0 saturated carbocycles. The van der Waals surface area contributed by atoms with E-state index in [0.717, 1.165) is 21.3 Å². The zero-order valence-corrected chi connectivity index (χ0v) is 12.9. The minimum Gasteiger partial charge on any atom is -0.490 e. The first-order valence-electron chi connectivity index (χ1n) is 6.69. The van der Waals surface area contributed by atoms with Gasteiger partial charge in [0, 0.05) is 0 Å². The van der Waals surface area contributed by atoms with Gasteiger partial charge >= 0.3 is 0 Å². The summed E-state index contributed by atoms with van der Waals surface area (Å²) < 4.78 is 8.44. The Labute approximate surface area is 131 Å². The van der Waals surface area contributed by atoms with E-state index in [0.29, 0.717) is 6.54 Å². The first-order valence-corrected chi connectivity index (χ1v) is 7.48. The van der Waals surface area contributed by atoms with Gasteiger partial charge in [-0.05, 0) is 40.2 Å². The number of hydrogen-bond donors (Lipinski definition) is 1. The highest BCUT2D eigenvalue weighted by Crippen LogP contribution is 2.24. The molecule has 1 atom stereocenters. The molecule has 5 heteroatoms. The molecule has 0 aliphatic heterocycles. The molecule has 0 spiro atoms. The SMILES string of the molecule is O[C@H](COc1ccccc1Br)Cn1cnc2ccccc21. The van der Waals surface area contributed by atoms with Crippen molar-refractivity contribution in [1.29, 1.82) is 0 Å². The van der Waals surface area contributed by atoms with E-state index in [4.69, 9.17) is 4.74 Å². The van der Waals surface area contributed by atoms with Crippen LogP contribution in [-0.4, -0.2) is 27.4 Å². The molecular weight excluding hydrogens is 332 g/mol. The summed E-state index contributed by atoms with van der Waals surface area (Å²) in [4.78, 5) is 4.31. The normalized spacial score (nSPS) is 12.5. The van der Waals surface area contributed by atoms with Crippen molar-refractivity contribution in [3.8, 4) is 5.75 Å². The van der Waals surface area contributed by atoms with E-state index in [9.17, 15) is 5.11 Å². The average molecular weight is 347 g/mol. The molecule has 108 valence electrons. The third kappa shape index (κ3) is 3.25. The average Bonchev–Trinajstić information content (AvgIpc) is 2.90. The first kappa shape index (κ1) is 14.1. The maximum atomic E-state index is 10.1. The topological polar surface area (TPSA) is 47.3 Å². The van der Waals surface area contributed by atoms with Crippen molar-refractivity contribution in [1.82, 2.24) is 9.55 Å². The number of nitrogens with zero attached hydrogens (tertiary/aromatic N) is 2. The molecule has 1 aromatic heterocycles. The Morgan fingerprint density at radius 3 is 2.76 bits per heavy atom. The Balaban J connectivity index is 1.64. The molecule has 0 aliphatic rings. The van der Waals surface area contributed by atoms with Crippen LogP contribution >= 0.6 is 15.9 Å². The summed E-state index contributed by atoms with van der Waals surface area (Å²) in [6.07, 6.45) is 1.14. The van der Waals surface area contributed by atoms with Gasteiger partial charge < -0.3 is 14.4 Å². The molecule has 0 saturated heterocycles. The van der Waals surface area contributed by atoms with Crippen molar-refractivity contribution in [2.24, 2.45) is 0 Å². The minimum absolute atomic E-state index is 0.231. The van der Waals surface area contributed by atoms with Crippen LogP contribution in [0.25, 0.3) is 11.0 Å². The van der Waals surface area contributed by atoms with Crippen LogP contribution in [0.5, 0.6) is 5.75 Å². The maximum absolute atomic E-state index is 10.1. The van der Waals surface area contributed by atoms with Gasteiger partial charge in [-0.1, -0.05) is 24.3 Å². The van der Waals surface area contributed by atoms with Gasteiger partial charge in [0.1, 0.15) is 18.5 Å². The Bertz CT molecular complexity index is 742. The Morgan fingerprint density at radius 1 is 1.14 bits per heavy atom. The summed E-state index contributed by atoms with van der Waals surface area (Å²) in [5, 5.41) is 10.1. The zero-order valence-electron chi connectivity index (χ0n) is 11.3. The number of rotatable bonds is 5. The molecule has 2 aromatic carbocycles. The van der Waals surface area contributed by atoms with Crippen molar-refractivity contribution >= 4 is 27.0 Å². The second kappa shape index (κ2) is 6.28. The van der Waals surface area contributed by atoms with E-state index in [1.807, 2.05) is 53.1 Å². The Hall–Kier alpha value is -1.85. The second-order valence-corrected chi connectivity index (χ2v) is 5.64. The molecule has 1 N–H and O–H groups in total. The van der Waals surface area contributed by atoms with Gasteiger partial charge in [-0.3, -0.25) is 0 Å². The molecule has 0 amide bonds. The number of fused-ring (bicyclic) bond motifs is 1. The molecule has 0 unspecified atom stereocenters. The molecule has 0 fully saturated rings. The summed E-state index contributed by atoms with van der Waals surface area (Å²) in [5.41, 5.74) is 1.94. The predicted octanol–water partition coefficient (Wildman–Crippen LogP) is 3.24. The Morgan fingerprint density at radius 2 is 1.90 bits per heavy atom. The minimum atomic E-state index is -0.602. The van der Waals surface area contributed by atoms with Crippen LogP contribution < -0.4 is 4.74 Å². The molecule has 0 bridgehead atoms. The summed E-state index contributed by atoms with van der Waals surface area (Å²) in [5.74, 6) is 0.729. The summed E-state index contributed by atoms with van der Waals surface area (Å²) in [6.45, 7) is 0.681. The van der Waals surface area contributed by atoms with Crippen LogP contribution in [0.3, 0.4) is 0 Å². The van der Waals surface area contributed by atoms with Gasteiger partial charge in [0.05, 0.1) is 28.4 Å². The fourth-order valence-electron chi connectivity index (χ4n) is 2.18. The third-order valence-corrected chi connectivity index (χ3v) is 3.86. The van der Waals surface area contributed by atoms with E-state index in [2.05, 4.69) is 20.9 Å². The summed E-state index contributed by atoms with van der Waals surface area (Å²) in [6, 6.07) is 15.4. The lowest BCUT2D eigenvalue weighted by Crippen LogP contribution is -2.23. The second-order valence-electron chi connectivity index (χ2n) is 4.78. The van der Waals surface area contributed by atoms with Gasteiger partial charge in [-0.2, -0.15) is 0 Å². The van der Waals surface area contributed by atoms with Crippen LogP contribution in [0.4, 0.5) is 0 Å². The molecule has 4 nitrogen and oxygen atoms in total. The third-order valence-electron chi connectivity index (χ3n) is 3.20. The molecule has 3 aromatic rings. The van der Waals surface area contributed by atoms with E-state index in [1.54, 1.807) is 6.33 Å². The number of imidazole rings is 1. The Kier molecular flexibility index (Phi) is 4.22. The van der Waals surface area contributed by atoms with Crippen LogP contribution in [0.1, 0.15) is 0 Å². The van der Waals surface area contributed by atoms with Gasteiger partial charge in [0.25, 0.3) is 0 Å². The number of aromatic nitrogens is 2. The fraction of sp³-hybridized carbons (Fsp3) is 0.188. The number of aliphatic hydroxyl groups excluding tert-OH is 1. The molecular formula is C16H15BrN2O2. The quantitative estimate of drug-likeness (QED) is 0.771. The molecule has 21 heavy (non-hydrogen) atoms. The zero-order chi connectivity index (χ0) is 14.7. The number of hydrogen-bond acceptors (Lipinski definition) is 3. The van der Waals surface area contributed by atoms with Crippen LogP contribution in [0.2, 0.25) is 0 Å². The van der Waals surface area contributed by atoms with Gasteiger partial charge in [0.15, 0.2) is 0 Å². The van der Waals surface area contributed by atoms with Crippen molar-refractivity contribution in [3.63, 3.8) is 0 Å². The molecule has 0 aliphatic carbocycles. The number of aliphatic hydroxyl groups is 1. The van der Waals surface area contributed by atoms with E-state index in [1.165, 1.54) is 0 Å². The lowest BCUT2D eigenvalue weighted by molar-refractivity contribution is 0.0930. The lowest BCUT2D eigenvalue weighted by Gasteiger charge is -2.14. The highest BCUT2D eigenvalue weighted by Gasteiger charge is 2.10. The lowest BCUT2D eigenvalue weighted by atomic mass is 10.3. The van der Waals surface area contributed by atoms with E-state index in [-0.39, 0.29) is 6.61 Å². The highest BCUT2D eigenvalue weighted by atomic mass is 79.9. The van der Waals surface area contributed by atoms with Crippen molar-refractivity contribution in [2.45, 2.75) is 12.6 Å². The van der Waals surface area contributed by atoms with Crippen molar-refractivity contribution < 1.29 is 9.84 Å². The van der Waals surface area contributed by atoms with Gasteiger partial charge in [-0.15, -0.1) is 0 Å². The summed E-state index contributed by atoms with van der Waals surface area (Å²) in [7, 11) is 0. The number of halogens is 1. The first-order chi connectivity index (χ1) is 10.2. The number of para-hydroxylation sites is 3. The number of ether oxygens (including phenoxy) is 1. The van der Waals surface area contributed by atoms with E-state index < -0.39 is 6.10 Å². The molecule has 0 radical (unpaired) electrons. The molecule has 3 rings (SSSR count). The van der Waals surface area contributed by atoms with Crippen LogP contribution in [-0.2, 0) is 6.54 Å². The predicted molar refractivity (Wildman–Crippen MR) is 85.4 cm³/mol.